The number of carbonyl (C=O) groups is 1. The quantitative estimate of drug-likeness (QED) is 0.637. The van der Waals surface area contributed by atoms with Crippen molar-refractivity contribution in [3.63, 3.8) is 0 Å². The highest BCUT2D eigenvalue weighted by Crippen LogP contribution is 2.23. The molecule has 0 aliphatic rings. The molecule has 3 rings (SSSR count). The van der Waals surface area contributed by atoms with Gasteiger partial charge in [0.15, 0.2) is 16.3 Å². The zero-order chi connectivity index (χ0) is 20.6. The van der Waals surface area contributed by atoms with E-state index in [-0.39, 0.29) is 11.7 Å². The normalized spacial score (nSPS) is 11.2. The molecule has 0 atom stereocenters. The first kappa shape index (κ1) is 20.2. The second-order valence-corrected chi connectivity index (χ2v) is 7.67. The molecular formula is C18H20ClN5O3S. The number of aromatic nitrogens is 4. The number of fused-ring (bicyclic) bond motifs is 1. The molecule has 0 fully saturated rings. The first-order valence-corrected chi connectivity index (χ1v) is 9.96. The minimum absolute atomic E-state index is 0.100. The number of nitrogens with zero attached hydrogens (tertiary/aromatic N) is 4. The summed E-state index contributed by atoms with van der Waals surface area (Å²) in [5, 5.41) is 3.88. The fraction of sp³-hybridized carbons (Fsp3) is 0.333. The van der Waals surface area contributed by atoms with Crippen molar-refractivity contribution in [2.45, 2.75) is 25.5 Å². The SMILES string of the molecule is CCn1c(SCC(=O)Nc2ccc(C)c(Cl)c2)nc2c1c(=O)n(C)c(=O)n2C. The highest BCUT2D eigenvalue weighted by atomic mass is 35.5. The smallest absolute Gasteiger partial charge is 0.325 e. The maximum atomic E-state index is 12.5. The van der Waals surface area contributed by atoms with Crippen LogP contribution in [-0.4, -0.2) is 30.3 Å². The number of imidazole rings is 1. The molecule has 148 valence electrons. The molecule has 2 heterocycles. The third-order valence-corrected chi connectivity index (χ3v) is 5.80. The van der Waals surface area contributed by atoms with Crippen LogP contribution in [0.3, 0.4) is 0 Å². The van der Waals surface area contributed by atoms with Gasteiger partial charge in [-0.2, -0.15) is 0 Å². The van der Waals surface area contributed by atoms with Crippen LogP contribution in [0.5, 0.6) is 0 Å². The molecule has 28 heavy (non-hydrogen) atoms. The van der Waals surface area contributed by atoms with Gasteiger partial charge in [-0.3, -0.25) is 18.7 Å². The van der Waals surface area contributed by atoms with Crippen LogP contribution in [0.1, 0.15) is 12.5 Å². The van der Waals surface area contributed by atoms with Crippen molar-refractivity contribution in [3.8, 4) is 0 Å². The van der Waals surface area contributed by atoms with Crippen molar-refractivity contribution in [3.05, 3.63) is 49.6 Å². The van der Waals surface area contributed by atoms with Gasteiger partial charge < -0.3 is 9.88 Å². The van der Waals surface area contributed by atoms with E-state index in [2.05, 4.69) is 10.3 Å². The zero-order valence-electron chi connectivity index (χ0n) is 15.9. The molecule has 3 aromatic rings. The van der Waals surface area contributed by atoms with Gasteiger partial charge in [0.2, 0.25) is 5.91 Å². The number of benzene rings is 1. The molecule has 0 aliphatic heterocycles. The number of hydrogen-bond donors (Lipinski definition) is 1. The van der Waals surface area contributed by atoms with Gasteiger partial charge in [0.1, 0.15) is 0 Å². The van der Waals surface area contributed by atoms with Crippen molar-refractivity contribution < 1.29 is 4.79 Å². The summed E-state index contributed by atoms with van der Waals surface area (Å²) in [7, 11) is 3.00. The van der Waals surface area contributed by atoms with Crippen LogP contribution in [-0.2, 0) is 25.4 Å². The molecule has 0 saturated carbocycles. The van der Waals surface area contributed by atoms with Gasteiger partial charge in [-0.15, -0.1) is 0 Å². The van der Waals surface area contributed by atoms with E-state index in [1.807, 2.05) is 19.9 Å². The lowest BCUT2D eigenvalue weighted by atomic mass is 10.2. The predicted octanol–water partition coefficient (Wildman–Crippen LogP) is 2.15. The van der Waals surface area contributed by atoms with Gasteiger partial charge in [0.05, 0.1) is 5.75 Å². The van der Waals surface area contributed by atoms with Crippen LogP contribution < -0.4 is 16.6 Å². The van der Waals surface area contributed by atoms with Crippen LogP contribution in [0.4, 0.5) is 5.69 Å². The Morgan fingerprint density at radius 2 is 1.96 bits per heavy atom. The van der Waals surface area contributed by atoms with E-state index in [1.54, 1.807) is 23.7 Å². The number of rotatable bonds is 5. The third kappa shape index (κ3) is 3.59. The molecule has 1 N–H and O–H groups in total. The second kappa shape index (κ2) is 7.84. The lowest BCUT2D eigenvalue weighted by Gasteiger charge is -2.08. The van der Waals surface area contributed by atoms with E-state index in [1.165, 1.54) is 23.4 Å². The minimum Gasteiger partial charge on any atom is -0.325 e. The first-order valence-electron chi connectivity index (χ1n) is 8.59. The Bertz CT molecular complexity index is 1190. The molecular weight excluding hydrogens is 402 g/mol. The molecule has 0 unspecified atom stereocenters. The predicted molar refractivity (Wildman–Crippen MR) is 111 cm³/mol. The maximum Gasteiger partial charge on any atom is 0.332 e. The van der Waals surface area contributed by atoms with Crippen LogP contribution in [0.15, 0.2) is 32.9 Å². The van der Waals surface area contributed by atoms with Gasteiger partial charge >= 0.3 is 5.69 Å². The summed E-state index contributed by atoms with van der Waals surface area (Å²) in [6.07, 6.45) is 0. The van der Waals surface area contributed by atoms with Crippen molar-refractivity contribution in [2.24, 2.45) is 14.1 Å². The van der Waals surface area contributed by atoms with E-state index < -0.39 is 11.2 Å². The number of anilines is 1. The molecule has 10 heteroatoms. The van der Waals surface area contributed by atoms with Gasteiger partial charge in [-0.25, -0.2) is 9.78 Å². The van der Waals surface area contributed by atoms with E-state index >= 15 is 0 Å². The molecule has 2 aromatic heterocycles. The number of hydrogen-bond acceptors (Lipinski definition) is 5. The fourth-order valence-corrected chi connectivity index (χ4v) is 3.87. The topological polar surface area (TPSA) is 90.9 Å². The second-order valence-electron chi connectivity index (χ2n) is 6.32. The Hall–Kier alpha value is -2.52. The summed E-state index contributed by atoms with van der Waals surface area (Å²) in [6.45, 7) is 4.25. The first-order chi connectivity index (χ1) is 13.2. The number of aryl methyl sites for hydroxylation is 3. The van der Waals surface area contributed by atoms with Gasteiger partial charge in [-0.05, 0) is 31.5 Å². The van der Waals surface area contributed by atoms with Gasteiger partial charge in [0.25, 0.3) is 5.56 Å². The Morgan fingerprint density at radius 3 is 2.61 bits per heavy atom. The van der Waals surface area contributed by atoms with Crippen molar-refractivity contribution in [1.29, 1.82) is 0 Å². The van der Waals surface area contributed by atoms with Crippen LogP contribution in [0.2, 0.25) is 5.02 Å². The third-order valence-electron chi connectivity index (χ3n) is 4.42. The standard InChI is InChI=1S/C18H20ClN5O3S/c1-5-24-14-15(22(3)18(27)23(4)16(14)26)21-17(24)28-9-13(25)20-11-7-6-10(2)12(19)8-11/h6-8H,5,9H2,1-4H3,(H,20,25). The molecule has 1 aromatic carbocycles. The largest absolute Gasteiger partial charge is 0.332 e. The highest BCUT2D eigenvalue weighted by molar-refractivity contribution is 7.99. The summed E-state index contributed by atoms with van der Waals surface area (Å²) in [5.74, 6) is -0.121. The summed E-state index contributed by atoms with van der Waals surface area (Å²) < 4.78 is 4.11. The molecule has 0 aliphatic carbocycles. The van der Waals surface area contributed by atoms with Crippen molar-refractivity contribution >= 4 is 46.1 Å². The average Bonchev–Trinajstić information content (AvgIpc) is 3.04. The molecule has 0 saturated heterocycles. The van der Waals surface area contributed by atoms with Crippen LogP contribution in [0.25, 0.3) is 11.2 Å². The zero-order valence-corrected chi connectivity index (χ0v) is 17.5. The summed E-state index contributed by atoms with van der Waals surface area (Å²) in [6, 6.07) is 5.31. The van der Waals surface area contributed by atoms with Crippen molar-refractivity contribution in [2.75, 3.05) is 11.1 Å². The number of amides is 1. The number of halogens is 1. The van der Waals surface area contributed by atoms with Gasteiger partial charge in [-0.1, -0.05) is 29.4 Å². The van der Waals surface area contributed by atoms with E-state index in [0.29, 0.717) is 33.6 Å². The molecule has 0 bridgehead atoms. The van der Waals surface area contributed by atoms with Gasteiger partial charge in [0, 0.05) is 31.4 Å². The molecule has 8 nitrogen and oxygen atoms in total. The van der Waals surface area contributed by atoms with Crippen molar-refractivity contribution in [1.82, 2.24) is 18.7 Å². The van der Waals surface area contributed by atoms with E-state index in [4.69, 9.17) is 11.6 Å². The summed E-state index contributed by atoms with van der Waals surface area (Å²) in [4.78, 5) is 41.4. The lowest BCUT2D eigenvalue weighted by molar-refractivity contribution is -0.113. The van der Waals surface area contributed by atoms with E-state index in [9.17, 15) is 14.4 Å². The maximum absolute atomic E-state index is 12.5. The molecule has 0 spiro atoms. The fourth-order valence-electron chi connectivity index (χ4n) is 2.83. The Labute approximate surface area is 170 Å². The van der Waals surface area contributed by atoms with Crippen LogP contribution >= 0.6 is 23.4 Å². The van der Waals surface area contributed by atoms with Crippen LogP contribution in [0, 0.1) is 6.92 Å². The number of carbonyl (C=O) groups excluding carboxylic acids is 1. The highest BCUT2D eigenvalue weighted by Gasteiger charge is 2.19. The average molecular weight is 422 g/mol. The molecule has 1 amide bonds. The Morgan fingerprint density at radius 1 is 1.25 bits per heavy atom. The lowest BCUT2D eigenvalue weighted by Crippen LogP contribution is -2.37. The Kier molecular flexibility index (Phi) is 5.66. The Balaban J connectivity index is 1.86. The number of thioether (sulfide) groups is 1. The monoisotopic (exact) mass is 421 g/mol. The summed E-state index contributed by atoms with van der Waals surface area (Å²) >= 11 is 7.29. The molecule has 0 radical (unpaired) electrons. The summed E-state index contributed by atoms with van der Waals surface area (Å²) in [5.41, 5.74) is 1.35. The van der Waals surface area contributed by atoms with E-state index in [0.717, 1.165) is 10.1 Å². The number of nitrogens with one attached hydrogen (secondary N) is 1. The minimum atomic E-state index is -0.441.